The van der Waals surface area contributed by atoms with Gasteiger partial charge in [0.25, 0.3) is 0 Å². The van der Waals surface area contributed by atoms with Crippen LogP contribution >= 0.6 is 11.6 Å². The van der Waals surface area contributed by atoms with Crippen molar-refractivity contribution in [2.75, 3.05) is 19.0 Å². The molecule has 3 N–H and O–H groups in total. The molecule has 0 fully saturated rings. The lowest BCUT2D eigenvalue weighted by molar-refractivity contribution is -0.154. The van der Waals surface area contributed by atoms with E-state index in [9.17, 15) is 4.79 Å². The highest BCUT2D eigenvalue weighted by Gasteiger charge is 2.16. The van der Waals surface area contributed by atoms with Gasteiger partial charge in [-0.25, -0.2) is 9.97 Å². The van der Waals surface area contributed by atoms with E-state index in [2.05, 4.69) is 15.3 Å². The fraction of sp³-hybridized carbons (Fsp3) is 0.550. The monoisotopic (exact) mass is 408 g/mol. The number of methoxy groups -OCH3 is 1. The van der Waals surface area contributed by atoms with Crippen LogP contribution in [0.1, 0.15) is 52.1 Å². The van der Waals surface area contributed by atoms with Crippen LogP contribution in [0.25, 0.3) is 11.0 Å². The van der Waals surface area contributed by atoms with E-state index in [4.69, 9.17) is 26.8 Å². The van der Waals surface area contributed by atoms with Gasteiger partial charge in [-0.05, 0) is 45.7 Å². The zero-order chi connectivity index (χ0) is 20.7. The van der Waals surface area contributed by atoms with Crippen molar-refractivity contribution >= 4 is 34.4 Å². The van der Waals surface area contributed by atoms with Crippen molar-refractivity contribution in [3.05, 3.63) is 22.8 Å². The van der Waals surface area contributed by atoms with Crippen LogP contribution in [0.15, 0.2) is 12.1 Å². The molecule has 0 aliphatic heterocycles. The summed E-state index contributed by atoms with van der Waals surface area (Å²) in [5, 5.41) is 3.71. The number of anilines is 1. The largest absolute Gasteiger partial charge is 0.495 e. The SMILES string of the molecule is COc1ccc2nc(CN)c(NCCCCCC(=O)OC(C)(C)C)nc2c1Cl. The molecule has 1 aromatic carbocycles. The van der Waals surface area contributed by atoms with Crippen molar-refractivity contribution in [2.24, 2.45) is 5.73 Å². The minimum absolute atomic E-state index is 0.158. The van der Waals surface area contributed by atoms with Crippen LogP contribution in [0.4, 0.5) is 5.82 Å². The van der Waals surface area contributed by atoms with E-state index in [-0.39, 0.29) is 12.5 Å². The van der Waals surface area contributed by atoms with E-state index >= 15 is 0 Å². The second kappa shape index (κ2) is 9.89. The predicted molar refractivity (Wildman–Crippen MR) is 112 cm³/mol. The molecule has 154 valence electrons. The second-order valence-electron chi connectivity index (χ2n) is 7.50. The number of esters is 1. The number of unbranched alkanes of at least 4 members (excludes halogenated alkanes) is 2. The highest BCUT2D eigenvalue weighted by molar-refractivity contribution is 6.36. The number of fused-ring (bicyclic) bond motifs is 1. The van der Waals surface area contributed by atoms with Crippen LogP contribution in [-0.4, -0.2) is 35.2 Å². The van der Waals surface area contributed by atoms with Gasteiger partial charge in [-0.3, -0.25) is 4.79 Å². The van der Waals surface area contributed by atoms with Gasteiger partial charge in [0.05, 0.1) is 18.3 Å². The molecule has 28 heavy (non-hydrogen) atoms. The van der Waals surface area contributed by atoms with E-state index in [1.165, 1.54) is 0 Å². The van der Waals surface area contributed by atoms with E-state index in [0.29, 0.717) is 46.3 Å². The molecular weight excluding hydrogens is 380 g/mol. The summed E-state index contributed by atoms with van der Waals surface area (Å²) in [6.07, 6.45) is 3.00. The highest BCUT2D eigenvalue weighted by Crippen LogP contribution is 2.32. The number of aromatic nitrogens is 2. The maximum absolute atomic E-state index is 11.7. The van der Waals surface area contributed by atoms with Gasteiger partial charge in [0.2, 0.25) is 0 Å². The standard InChI is InChI=1S/C20H29ClN4O3/c1-20(2,3)28-16(26)8-6-5-7-11-23-19-14(12-22)24-13-9-10-15(27-4)17(21)18(13)25-19/h9-10H,5-8,11-12,22H2,1-4H3,(H,23,25). The topological polar surface area (TPSA) is 99.4 Å². The number of benzene rings is 1. The zero-order valence-electron chi connectivity index (χ0n) is 17.0. The third-order valence-corrected chi connectivity index (χ3v) is 4.36. The summed E-state index contributed by atoms with van der Waals surface area (Å²) < 4.78 is 10.5. The van der Waals surface area contributed by atoms with Gasteiger partial charge in [0.1, 0.15) is 27.7 Å². The molecule has 0 spiro atoms. The third kappa shape index (κ3) is 6.21. The van der Waals surface area contributed by atoms with Crippen LogP contribution in [-0.2, 0) is 16.1 Å². The molecular formula is C20H29ClN4O3. The van der Waals surface area contributed by atoms with Gasteiger partial charge < -0.3 is 20.5 Å². The first-order valence-corrected chi connectivity index (χ1v) is 9.82. The van der Waals surface area contributed by atoms with E-state index in [0.717, 1.165) is 19.3 Å². The average molecular weight is 409 g/mol. The summed E-state index contributed by atoms with van der Waals surface area (Å²) in [6.45, 7) is 6.58. The fourth-order valence-corrected chi connectivity index (χ4v) is 3.00. The Hall–Kier alpha value is -2.12. The van der Waals surface area contributed by atoms with Crippen molar-refractivity contribution < 1.29 is 14.3 Å². The Balaban J connectivity index is 1.91. The number of hydrogen-bond acceptors (Lipinski definition) is 7. The molecule has 7 nitrogen and oxygen atoms in total. The lowest BCUT2D eigenvalue weighted by atomic mass is 10.1. The molecule has 1 aromatic heterocycles. The van der Waals surface area contributed by atoms with Crippen LogP contribution in [0.3, 0.4) is 0 Å². The number of carbonyl (C=O) groups excluding carboxylic acids is 1. The molecule has 0 unspecified atom stereocenters. The minimum atomic E-state index is -0.435. The van der Waals surface area contributed by atoms with Gasteiger partial charge in [-0.1, -0.05) is 18.0 Å². The molecule has 0 saturated heterocycles. The quantitative estimate of drug-likeness (QED) is 0.476. The maximum Gasteiger partial charge on any atom is 0.306 e. The second-order valence-corrected chi connectivity index (χ2v) is 7.87. The van der Waals surface area contributed by atoms with Crippen LogP contribution in [0.5, 0.6) is 5.75 Å². The van der Waals surface area contributed by atoms with E-state index in [1.54, 1.807) is 13.2 Å². The maximum atomic E-state index is 11.7. The summed E-state index contributed by atoms with van der Waals surface area (Å²) in [6, 6.07) is 3.57. The summed E-state index contributed by atoms with van der Waals surface area (Å²) in [5.74, 6) is 1.02. The molecule has 0 radical (unpaired) electrons. The molecule has 0 bridgehead atoms. The van der Waals surface area contributed by atoms with Crippen molar-refractivity contribution in [3.8, 4) is 5.75 Å². The highest BCUT2D eigenvalue weighted by atomic mass is 35.5. The van der Waals surface area contributed by atoms with E-state index < -0.39 is 5.60 Å². The minimum Gasteiger partial charge on any atom is -0.495 e. The number of ether oxygens (including phenoxy) is 2. The van der Waals surface area contributed by atoms with Crippen LogP contribution < -0.4 is 15.8 Å². The predicted octanol–water partition coefficient (Wildman–Crippen LogP) is 4.06. The van der Waals surface area contributed by atoms with E-state index in [1.807, 2.05) is 26.8 Å². The van der Waals surface area contributed by atoms with Crippen molar-refractivity contribution in [2.45, 2.75) is 58.6 Å². The fourth-order valence-electron chi connectivity index (χ4n) is 2.72. The summed E-state index contributed by atoms with van der Waals surface area (Å²) in [4.78, 5) is 20.9. The molecule has 1 heterocycles. The third-order valence-electron chi connectivity index (χ3n) is 4.00. The lowest BCUT2D eigenvalue weighted by Crippen LogP contribution is -2.23. The van der Waals surface area contributed by atoms with Crippen LogP contribution in [0, 0.1) is 0 Å². The van der Waals surface area contributed by atoms with Crippen molar-refractivity contribution in [3.63, 3.8) is 0 Å². The van der Waals surface area contributed by atoms with Gasteiger partial charge in [-0.2, -0.15) is 0 Å². The molecule has 0 amide bonds. The van der Waals surface area contributed by atoms with Gasteiger partial charge >= 0.3 is 5.97 Å². The average Bonchev–Trinajstić information content (AvgIpc) is 2.63. The summed E-state index contributed by atoms with van der Waals surface area (Å²) in [5.41, 5.74) is 7.32. The number of hydrogen-bond donors (Lipinski definition) is 2. The number of halogens is 1. The Morgan fingerprint density at radius 3 is 2.61 bits per heavy atom. The Kier molecular flexibility index (Phi) is 7.83. The molecule has 2 rings (SSSR count). The number of rotatable bonds is 9. The number of nitrogens with zero attached hydrogens (tertiary/aromatic N) is 2. The zero-order valence-corrected chi connectivity index (χ0v) is 17.7. The van der Waals surface area contributed by atoms with Crippen molar-refractivity contribution in [1.29, 1.82) is 0 Å². The molecule has 0 saturated carbocycles. The normalized spacial score (nSPS) is 11.5. The Morgan fingerprint density at radius 2 is 1.96 bits per heavy atom. The van der Waals surface area contributed by atoms with Gasteiger partial charge in [-0.15, -0.1) is 0 Å². The molecule has 0 aliphatic carbocycles. The summed E-state index contributed by atoms with van der Waals surface area (Å²) >= 11 is 6.36. The first-order chi connectivity index (χ1) is 13.2. The smallest absolute Gasteiger partial charge is 0.306 e. The first-order valence-electron chi connectivity index (χ1n) is 9.44. The van der Waals surface area contributed by atoms with Crippen molar-refractivity contribution in [1.82, 2.24) is 9.97 Å². The number of nitrogens with one attached hydrogen (secondary N) is 1. The van der Waals surface area contributed by atoms with Gasteiger partial charge in [0.15, 0.2) is 0 Å². The van der Waals surface area contributed by atoms with Crippen LogP contribution in [0.2, 0.25) is 5.02 Å². The number of carbonyl (C=O) groups is 1. The Bertz CT molecular complexity index is 821. The Morgan fingerprint density at radius 1 is 1.21 bits per heavy atom. The van der Waals surface area contributed by atoms with Gasteiger partial charge in [0, 0.05) is 19.5 Å². The molecule has 8 heteroatoms. The Labute approximate surface area is 171 Å². The first kappa shape index (κ1) is 22.2. The lowest BCUT2D eigenvalue weighted by Gasteiger charge is -2.19. The number of nitrogens with two attached hydrogens (primary N) is 1. The summed E-state index contributed by atoms with van der Waals surface area (Å²) in [7, 11) is 1.56. The molecule has 2 aromatic rings. The molecule has 0 atom stereocenters. The molecule has 0 aliphatic rings.